The molecule has 3 aromatic rings. The number of anilines is 2. The molecule has 0 spiro atoms. The average Bonchev–Trinajstić information content (AvgIpc) is 3.36. The molecule has 4 rings (SSSR count). The number of likely N-dealkylation sites (N-methyl/N-ethyl adjacent to an activating group) is 1. The lowest BCUT2D eigenvalue weighted by molar-refractivity contribution is -0.114. The Morgan fingerprint density at radius 2 is 2.04 bits per heavy atom. The van der Waals surface area contributed by atoms with Gasteiger partial charge in [0.2, 0.25) is 11.6 Å². The van der Waals surface area contributed by atoms with Crippen LogP contribution in [0.5, 0.6) is 0 Å². The number of carbonyl (C=O) groups is 1. The molecule has 1 N–H and O–H groups in total. The van der Waals surface area contributed by atoms with Crippen molar-refractivity contribution in [3.05, 3.63) is 46.5 Å². The molecule has 1 aliphatic rings. The second-order valence-electron chi connectivity index (χ2n) is 6.28. The maximum Gasteiger partial charge on any atom is 0.244 e. The van der Waals surface area contributed by atoms with E-state index in [0.29, 0.717) is 33.1 Å². The maximum atomic E-state index is 12.4. The lowest BCUT2D eigenvalue weighted by Crippen LogP contribution is -2.31. The monoisotopic (exact) mass is 390 g/mol. The van der Waals surface area contributed by atoms with Crippen molar-refractivity contribution in [1.29, 1.82) is 0 Å². The topological polar surface area (TPSA) is 75.4 Å². The number of hydrogen-bond donors (Lipinski definition) is 1. The Labute approximate surface area is 159 Å². The smallest absolute Gasteiger partial charge is 0.244 e. The number of nitrogens with one attached hydrogen (secondary N) is 1. The fraction of sp³-hybridized carbons (Fsp3) is 0.294. The van der Waals surface area contributed by atoms with Crippen molar-refractivity contribution in [2.24, 2.45) is 0 Å². The molecule has 7 nitrogen and oxygen atoms in total. The first-order chi connectivity index (χ1) is 12.5. The maximum absolute atomic E-state index is 12.4. The highest BCUT2D eigenvalue weighted by Crippen LogP contribution is 2.39. The van der Waals surface area contributed by atoms with E-state index in [1.165, 1.54) is 0 Å². The van der Waals surface area contributed by atoms with E-state index in [9.17, 15) is 4.79 Å². The van der Waals surface area contributed by atoms with Gasteiger partial charge in [0.25, 0.3) is 0 Å². The summed E-state index contributed by atoms with van der Waals surface area (Å²) < 4.78 is 1.94. The highest BCUT2D eigenvalue weighted by molar-refractivity contribution is 6.39. The molecule has 1 fully saturated rings. The first-order valence-corrected chi connectivity index (χ1v) is 8.95. The van der Waals surface area contributed by atoms with Crippen molar-refractivity contribution in [2.45, 2.75) is 18.8 Å². The molecular weight excluding hydrogens is 375 g/mol. The number of halogens is 2. The summed E-state index contributed by atoms with van der Waals surface area (Å²) in [4.78, 5) is 18.5. The van der Waals surface area contributed by atoms with Gasteiger partial charge in [-0.05, 0) is 25.0 Å². The van der Waals surface area contributed by atoms with Gasteiger partial charge in [-0.1, -0.05) is 29.3 Å². The Balaban J connectivity index is 1.54. The Bertz CT molecular complexity index is 964. The molecule has 26 heavy (non-hydrogen) atoms. The van der Waals surface area contributed by atoms with Crippen LogP contribution >= 0.6 is 23.2 Å². The zero-order valence-electron chi connectivity index (χ0n) is 14.0. The summed E-state index contributed by atoms with van der Waals surface area (Å²) in [7, 11) is 1.78. The Morgan fingerprint density at radius 1 is 1.31 bits per heavy atom. The van der Waals surface area contributed by atoms with Gasteiger partial charge in [0.1, 0.15) is 5.82 Å². The summed E-state index contributed by atoms with van der Waals surface area (Å²) in [5.41, 5.74) is 1.04. The molecule has 0 atom stereocenters. The molecule has 0 bridgehead atoms. The van der Waals surface area contributed by atoms with Gasteiger partial charge in [0.05, 0.1) is 22.3 Å². The fourth-order valence-electron chi connectivity index (χ4n) is 2.81. The minimum Gasteiger partial charge on any atom is -0.347 e. The van der Waals surface area contributed by atoms with Crippen LogP contribution in [0.4, 0.5) is 11.5 Å². The van der Waals surface area contributed by atoms with E-state index in [-0.39, 0.29) is 12.5 Å². The first kappa shape index (κ1) is 17.1. The summed E-state index contributed by atoms with van der Waals surface area (Å²) in [5, 5.41) is 12.1. The van der Waals surface area contributed by atoms with E-state index in [4.69, 9.17) is 23.2 Å². The van der Waals surface area contributed by atoms with Crippen molar-refractivity contribution >= 4 is 46.3 Å². The Hall–Kier alpha value is -2.38. The van der Waals surface area contributed by atoms with Crippen molar-refractivity contribution in [3.63, 3.8) is 0 Å². The number of amides is 1. The second kappa shape index (κ2) is 6.74. The first-order valence-electron chi connectivity index (χ1n) is 8.19. The quantitative estimate of drug-likeness (QED) is 0.722. The highest BCUT2D eigenvalue weighted by atomic mass is 35.5. The summed E-state index contributed by atoms with van der Waals surface area (Å²) >= 11 is 12.2. The molecule has 1 saturated carbocycles. The van der Waals surface area contributed by atoms with E-state index in [1.54, 1.807) is 36.3 Å². The van der Waals surface area contributed by atoms with Crippen molar-refractivity contribution in [3.8, 4) is 0 Å². The number of rotatable bonds is 5. The zero-order chi connectivity index (χ0) is 18.3. The predicted octanol–water partition coefficient (Wildman–Crippen LogP) is 3.38. The van der Waals surface area contributed by atoms with Crippen LogP contribution in [0.3, 0.4) is 0 Å². The number of para-hydroxylation sites is 1. The van der Waals surface area contributed by atoms with Gasteiger partial charge in [-0.25, -0.2) is 4.98 Å². The van der Waals surface area contributed by atoms with Crippen LogP contribution in [-0.4, -0.2) is 39.1 Å². The fourth-order valence-corrected chi connectivity index (χ4v) is 3.30. The van der Waals surface area contributed by atoms with Gasteiger partial charge in [0.15, 0.2) is 5.82 Å². The summed E-state index contributed by atoms with van der Waals surface area (Å²) in [5.74, 6) is 1.75. The van der Waals surface area contributed by atoms with E-state index < -0.39 is 0 Å². The summed E-state index contributed by atoms with van der Waals surface area (Å²) in [6.45, 7) is 0.0693. The zero-order valence-corrected chi connectivity index (χ0v) is 15.5. The molecular formula is C17H16Cl2N6O. The second-order valence-corrected chi connectivity index (χ2v) is 7.09. The van der Waals surface area contributed by atoms with E-state index in [2.05, 4.69) is 20.5 Å². The number of nitrogens with zero attached hydrogens (tertiary/aromatic N) is 5. The van der Waals surface area contributed by atoms with Crippen LogP contribution in [0.1, 0.15) is 24.6 Å². The molecule has 0 radical (unpaired) electrons. The van der Waals surface area contributed by atoms with Gasteiger partial charge >= 0.3 is 0 Å². The standard InChI is InChI=1S/C17H16Cl2N6O/c1-24(9-13(26)21-14-11(18)3-2-4-12(14)19)16-17-23-22-15(10-5-6-10)25(17)8-7-20-16/h2-4,7-8,10H,5-6,9H2,1H3,(H,21,26). The molecule has 9 heteroatoms. The highest BCUT2D eigenvalue weighted by Gasteiger charge is 2.29. The van der Waals surface area contributed by atoms with Crippen molar-refractivity contribution < 1.29 is 4.79 Å². The average molecular weight is 391 g/mol. The third-order valence-corrected chi connectivity index (χ3v) is 4.88. The van der Waals surface area contributed by atoms with Crippen molar-refractivity contribution in [2.75, 3.05) is 23.8 Å². The molecule has 2 heterocycles. The van der Waals surface area contributed by atoms with Crippen LogP contribution in [-0.2, 0) is 4.79 Å². The van der Waals surface area contributed by atoms with Gasteiger partial charge in [-0.2, -0.15) is 0 Å². The number of benzene rings is 1. The largest absolute Gasteiger partial charge is 0.347 e. The van der Waals surface area contributed by atoms with Crippen LogP contribution < -0.4 is 10.2 Å². The molecule has 1 aromatic carbocycles. The molecule has 0 aliphatic heterocycles. The van der Waals surface area contributed by atoms with Crippen LogP contribution in [0, 0.1) is 0 Å². The van der Waals surface area contributed by atoms with Gasteiger partial charge in [0, 0.05) is 25.4 Å². The van der Waals surface area contributed by atoms with Crippen molar-refractivity contribution in [1.82, 2.24) is 19.6 Å². The molecule has 0 unspecified atom stereocenters. The van der Waals surface area contributed by atoms with Gasteiger partial charge in [-0.15, -0.1) is 10.2 Å². The van der Waals surface area contributed by atoms with Crippen LogP contribution in [0.15, 0.2) is 30.6 Å². The number of aromatic nitrogens is 4. The van der Waals surface area contributed by atoms with E-state index in [0.717, 1.165) is 18.7 Å². The molecule has 2 aromatic heterocycles. The van der Waals surface area contributed by atoms with Crippen LogP contribution in [0.2, 0.25) is 10.0 Å². The Morgan fingerprint density at radius 3 is 2.73 bits per heavy atom. The number of carbonyl (C=O) groups excluding carboxylic acids is 1. The predicted molar refractivity (Wildman–Crippen MR) is 101 cm³/mol. The normalized spacial score (nSPS) is 13.8. The van der Waals surface area contributed by atoms with Gasteiger partial charge < -0.3 is 10.2 Å². The van der Waals surface area contributed by atoms with E-state index >= 15 is 0 Å². The lowest BCUT2D eigenvalue weighted by atomic mass is 10.3. The third kappa shape index (κ3) is 3.20. The van der Waals surface area contributed by atoms with Gasteiger partial charge in [-0.3, -0.25) is 9.20 Å². The minimum absolute atomic E-state index is 0.0693. The minimum atomic E-state index is -0.256. The van der Waals surface area contributed by atoms with E-state index in [1.807, 2.05) is 10.6 Å². The molecule has 0 saturated heterocycles. The Kier molecular flexibility index (Phi) is 4.42. The van der Waals surface area contributed by atoms with Crippen LogP contribution in [0.25, 0.3) is 5.65 Å². The lowest BCUT2D eigenvalue weighted by Gasteiger charge is -2.18. The molecule has 1 amide bonds. The number of hydrogen-bond acceptors (Lipinski definition) is 5. The SMILES string of the molecule is CN(CC(=O)Nc1c(Cl)cccc1Cl)c1nccn2c(C3CC3)nnc12. The summed E-state index contributed by atoms with van der Waals surface area (Å²) in [6.07, 6.45) is 5.81. The number of fused-ring (bicyclic) bond motifs is 1. The molecule has 1 aliphatic carbocycles. The summed E-state index contributed by atoms with van der Waals surface area (Å²) in [6, 6.07) is 5.06. The molecule has 134 valence electrons. The third-order valence-electron chi connectivity index (χ3n) is 4.25.